The zero-order valence-electron chi connectivity index (χ0n) is 15.2. The standard InChI is InChI=1S/C18H19N3O6S/c1-12(22)19-13-7-9-14(10-8-13)20-17(23)11-27-18(24)15-5-3-4-6-16(15)21-28(2,25)26/h3-10,21H,11H2,1-2H3,(H,19,22)(H,20,23). The summed E-state index contributed by atoms with van der Waals surface area (Å²) in [6, 6.07) is 12.3. The Hall–Kier alpha value is -3.40. The van der Waals surface area contributed by atoms with Crippen molar-refractivity contribution in [2.24, 2.45) is 0 Å². The molecule has 0 aliphatic heterocycles. The number of carbonyl (C=O) groups is 3. The molecule has 10 heteroatoms. The summed E-state index contributed by atoms with van der Waals surface area (Å²) in [7, 11) is -3.58. The third-order valence-electron chi connectivity index (χ3n) is 3.27. The van der Waals surface area contributed by atoms with Gasteiger partial charge in [0.05, 0.1) is 17.5 Å². The van der Waals surface area contributed by atoms with Gasteiger partial charge < -0.3 is 15.4 Å². The second-order valence-corrected chi connectivity index (χ2v) is 7.55. The maximum atomic E-state index is 12.2. The molecule has 2 aromatic rings. The summed E-state index contributed by atoms with van der Waals surface area (Å²) in [6.07, 6.45) is 0.958. The van der Waals surface area contributed by atoms with Gasteiger partial charge in [-0.2, -0.15) is 0 Å². The second kappa shape index (κ2) is 9.00. The van der Waals surface area contributed by atoms with E-state index in [0.29, 0.717) is 11.4 Å². The SMILES string of the molecule is CC(=O)Nc1ccc(NC(=O)COC(=O)c2ccccc2NS(C)(=O)=O)cc1. The van der Waals surface area contributed by atoms with Crippen molar-refractivity contribution >= 4 is 44.9 Å². The third kappa shape index (κ3) is 6.72. The molecule has 0 aliphatic carbocycles. The first-order chi connectivity index (χ1) is 13.1. The molecule has 0 bridgehead atoms. The van der Waals surface area contributed by atoms with E-state index in [9.17, 15) is 22.8 Å². The van der Waals surface area contributed by atoms with Crippen LogP contribution in [0.4, 0.5) is 17.1 Å². The number of amides is 2. The minimum absolute atomic E-state index is 0.0135. The first kappa shape index (κ1) is 20.9. The highest BCUT2D eigenvalue weighted by Gasteiger charge is 2.16. The molecule has 28 heavy (non-hydrogen) atoms. The first-order valence-corrected chi connectivity index (χ1v) is 9.94. The number of nitrogens with one attached hydrogen (secondary N) is 3. The Morgan fingerprint density at radius 3 is 2.07 bits per heavy atom. The number of rotatable bonds is 7. The number of benzene rings is 2. The Bertz CT molecular complexity index is 987. The van der Waals surface area contributed by atoms with Crippen molar-refractivity contribution in [2.75, 3.05) is 28.2 Å². The van der Waals surface area contributed by atoms with Crippen LogP contribution in [0, 0.1) is 0 Å². The van der Waals surface area contributed by atoms with Gasteiger partial charge in [-0.05, 0) is 36.4 Å². The van der Waals surface area contributed by atoms with Crippen molar-refractivity contribution in [2.45, 2.75) is 6.92 Å². The largest absolute Gasteiger partial charge is 0.452 e. The van der Waals surface area contributed by atoms with E-state index in [1.165, 1.54) is 19.1 Å². The normalized spacial score (nSPS) is 10.6. The van der Waals surface area contributed by atoms with Crippen molar-refractivity contribution < 1.29 is 27.5 Å². The number of esters is 1. The highest BCUT2D eigenvalue weighted by atomic mass is 32.2. The summed E-state index contributed by atoms with van der Waals surface area (Å²) in [5.74, 6) is -1.63. The predicted octanol–water partition coefficient (Wildman–Crippen LogP) is 1.81. The highest BCUT2D eigenvalue weighted by molar-refractivity contribution is 7.92. The fourth-order valence-electron chi connectivity index (χ4n) is 2.20. The zero-order chi connectivity index (χ0) is 20.7. The van der Waals surface area contributed by atoms with Gasteiger partial charge >= 0.3 is 5.97 Å². The predicted molar refractivity (Wildman–Crippen MR) is 105 cm³/mol. The van der Waals surface area contributed by atoms with Crippen LogP contribution in [0.25, 0.3) is 0 Å². The number of hydrogen-bond acceptors (Lipinski definition) is 6. The Balaban J connectivity index is 1.94. The number of ether oxygens (including phenoxy) is 1. The minimum Gasteiger partial charge on any atom is -0.452 e. The molecule has 0 aromatic heterocycles. The van der Waals surface area contributed by atoms with Crippen LogP contribution in [0.1, 0.15) is 17.3 Å². The number of sulfonamides is 1. The van der Waals surface area contributed by atoms with Crippen LogP contribution in [-0.4, -0.2) is 39.1 Å². The lowest BCUT2D eigenvalue weighted by Gasteiger charge is -2.11. The minimum atomic E-state index is -3.58. The molecule has 0 atom stereocenters. The number of hydrogen-bond donors (Lipinski definition) is 3. The molecule has 0 radical (unpaired) electrons. The van der Waals surface area contributed by atoms with Crippen molar-refractivity contribution in [3.8, 4) is 0 Å². The monoisotopic (exact) mass is 405 g/mol. The molecule has 9 nitrogen and oxygen atoms in total. The molecule has 0 heterocycles. The van der Waals surface area contributed by atoms with E-state index in [1.807, 2.05) is 0 Å². The van der Waals surface area contributed by atoms with E-state index in [4.69, 9.17) is 4.74 Å². The molecule has 2 amide bonds. The first-order valence-electron chi connectivity index (χ1n) is 8.05. The molecular weight excluding hydrogens is 386 g/mol. The molecule has 0 unspecified atom stereocenters. The Kier molecular flexibility index (Phi) is 6.72. The zero-order valence-corrected chi connectivity index (χ0v) is 16.0. The molecular formula is C18H19N3O6S. The summed E-state index contributed by atoms with van der Waals surface area (Å²) >= 11 is 0. The number of para-hydroxylation sites is 1. The summed E-state index contributed by atoms with van der Waals surface area (Å²) < 4.78 is 29.9. The van der Waals surface area contributed by atoms with Gasteiger partial charge in [0.1, 0.15) is 0 Å². The van der Waals surface area contributed by atoms with E-state index < -0.39 is 28.5 Å². The van der Waals surface area contributed by atoms with Crippen LogP contribution in [0.5, 0.6) is 0 Å². The quantitative estimate of drug-likeness (QED) is 0.602. The summed E-state index contributed by atoms with van der Waals surface area (Å²) in [6.45, 7) is 0.827. The fraction of sp³-hybridized carbons (Fsp3) is 0.167. The van der Waals surface area contributed by atoms with Crippen molar-refractivity contribution in [1.29, 1.82) is 0 Å². The van der Waals surface area contributed by atoms with Gasteiger partial charge in [-0.1, -0.05) is 12.1 Å². The van der Waals surface area contributed by atoms with E-state index in [-0.39, 0.29) is 17.2 Å². The Morgan fingerprint density at radius 1 is 0.929 bits per heavy atom. The summed E-state index contributed by atoms with van der Waals surface area (Å²) in [4.78, 5) is 35.1. The molecule has 0 fully saturated rings. The Labute approximate surface area is 162 Å². The topological polar surface area (TPSA) is 131 Å². The van der Waals surface area contributed by atoms with Gasteiger partial charge in [0.25, 0.3) is 5.91 Å². The number of carbonyl (C=O) groups excluding carboxylic acids is 3. The van der Waals surface area contributed by atoms with Gasteiger partial charge in [0.2, 0.25) is 15.9 Å². The summed E-state index contributed by atoms with van der Waals surface area (Å²) in [5.41, 5.74) is 1.07. The third-order valence-corrected chi connectivity index (χ3v) is 3.86. The van der Waals surface area contributed by atoms with Gasteiger partial charge in [-0.3, -0.25) is 14.3 Å². The molecule has 148 valence electrons. The van der Waals surface area contributed by atoms with Crippen LogP contribution < -0.4 is 15.4 Å². The van der Waals surface area contributed by atoms with E-state index >= 15 is 0 Å². The van der Waals surface area contributed by atoms with Crippen molar-refractivity contribution in [3.63, 3.8) is 0 Å². The van der Waals surface area contributed by atoms with Gasteiger partial charge in [0.15, 0.2) is 6.61 Å². The Morgan fingerprint density at radius 2 is 1.50 bits per heavy atom. The summed E-state index contributed by atoms with van der Waals surface area (Å²) in [5, 5.41) is 5.14. The van der Waals surface area contributed by atoms with Crippen molar-refractivity contribution in [3.05, 3.63) is 54.1 Å². The second-order valence-electron chi connectivity index (χ2n) is 5.80. The van der Waals surface area contributed by atoms with Crippen LogP contribution in [0.3, 0.4) is 0 Å². The lowest BCUT2D eigenvalue weighted by molar-refractivity contribution is -0.119. The molecule has 2 rings (SSSR count). The van der Waals surface area contributed by atoms with Gasteiger partial charge in [-0.25, -0.2) is 13.2 Å². The maximum absolute atomic E-state index is 12.2. The smallest absolute Gasteiger partial charge is 0.340 e. The molecule has 2 aromatic carbocycles. The molecule has 0 aliphatic rings. The van der Waals surface area contributed by atoms with Crippen LogP contribution in [-0.2, 0) is 24.3 Å². The van der Waals surface area contributed by atoms with Gasteiger partial charge in [0, 0.05) is 18.3 Å². The maximum Gasteiger partial charge on any atom is 0.340 e. The lowest BCUT2D eigenvalue weighted by Crippen LogP contribution is -2.22. The fourth-order valence-corrected chi connectivity index (χ4v) is 2.77. The molecule has 0 spiro atoms. The molecule has 0 saturated heterocycles. The van der Waals surface area contributed by atoms with E-state index in [1.54, 1.807) is 36.4 Å². The van der Waals surface area contributed by atoms with Crippen LogP contribution in [0.2, 0.25) is 0 Å². The molecule has 3 N–H and O–H groups in total. The van der Waals surface area contributed by atoms with Crippen LogP contribution >= 0.6 is 0 Å². The van der Waals surface area contributed by atoms with E-state index in [2.05, 4.69) is 15.4 Å². The highest BCUT2D eigenvalue weighted by Crippen LogP contribution is 2.17. The van der Waals surface area contributed by atoms with Crippen molar-refractivity contribution in [1.82, 2.24) is 0 Å². The van der Waals surface area contributed by atoms with Crippen LogP contribution in [0.15, 0.2) is 48.5 Å². The number of anilines is 3. The van der Waals surface area contributed by atoms with E-state index in [0.717, 1.165) is 6.26 Å². The average Bonchev–Trinajstić information content (AvgIpc) is 2.60. The lowest BCUT2D eigenvalue weighted by atomic mass is 10.2. The van der Waals surface area contributed by atoms with Gasteiger partial charge in [-0.15, -0.1) is 0 Å². The molecule has 0 saturated carbocycles. The average molecular weight is 405 g/mol.